The molecule has 2 heterocycles. The summed E-state index contributed by atoms with van der Waals surface area (Å²) in [5.41, 5.74) is 2.56. The van der Waals surface area contributed by atoms with Gasteiger partial charge in [0.15, 0.2) is 0 Å². The Morgan fingerprint density at radius 3 is 2.41 bits per heavy atom. The van der Waals surface area contributed by atoms with Crippen LogP contribution in [-0.2, 0) is 21.2 Å². The SMILES string of the molecule is CCc1ccc(C(=O)Nc2c(C)cccc2C(=O)N2CCCC2)cc1S(=O)(=O)N1CCOCC1. The molecule has 2 aliphatic rings. The molecule has 9 heteroatoms. The minimum absolute atomic E-state index is 0.103. The number of hydrogen-bond donors (Lipinski definition) is 1. The molecule has 0 saturated carbocycles. The molecule has 34 heavy (non-hydrogen) atoms. The third-order valence-corrected chi connectivity index (χ3v) is 8.41. The van der Waals surface area contributed by atoms with Gasteiger partial charge in [-0.05, 0) is 55.5 Å². The fourth-order valence-corrected chi connectivity index (χ4v) is 6.17. The van der Waals surface area contributed by atoms with Gasteiger partial charge in [0, 0.05) is 31.7 Å². The maximum atomic E-state index is 13.3. The molecule has 4 rings (SSSR count). The van der Waals surface area contributed by atoms with Crippen LogP contribution in [0.2, 0.25) is 0 Å². The highest BCUT2D eigenvalue weighted by atomic mass is 32.2. The fourth-order valence-electron chi connectivity index (χ4n) is 4.44. The monoisotopic (exact) mass is 485 g/mol. The number of aryl methyl sites for hydroxylation is 2. The summed E-state index contributed by atoms with van der Waals surface area (Å²) < 4.78 is 33.4. The van der Waals surface area contributed by atoms with Crippen molar-refractivity contribution in [3.8, 4) is 0 Å². The first-order chi connectivity index (χ1) is 16.3. The van der Waals surface area contributed by atoms with E-state index in [2.05, 4.69) is 5.32 Å². The van der Waals surface area contributed by atoms with Gasteiger partial charge in [0.05, 0.1) is 29.4 Å². The standard InChI is InChI=1S/C25H31N3O5S/c1-3-19-9-10-20(17-22(19)34(31,32)28-13-15-33-16-14-28)24(29)26-23-18(2)7-6-8-21(23)25(30)27-11-4-5-12-27/h6-10,17H,3-5,11-16H2,1-2H3,(H,26,29). The van der Waals surface area contributed by atoms with Crippen molar-refractivity contribution < 1.29 is 22.7 Å². The van der Waals surface area contributed by atoms with E-state index in [1.54, 1.807) is 29.2 Å². The van der Waals surface area contributed by atoms with Crippen LogP contribution in [0.3, 0.4) is 0 Å². The number of hydrogen-bond acceptors (Lipinski definition) is 5. The first kappa shape index (κ1) is 24.4. The third kappa shape index (κ3) is 4.87. The van der Waals surface area contributed by atoms with Crippen LogP contribution in [0.15, 0.2) is 41.3 Å². The molecule has 0 aromatic heterocycles. The van der Waals surface area contributed by atoms with Crippen molar-refractivity contribution in [2.24, 2.45) is 0 Å². The van der Waals surface area contributed by atoms with E-state index in [-0.39, 0.29) is 29.5 Å². The first-order valence-corrected chi connectivity index (χ1v) is 13.2. The molecule has 2 fully saturated rings. The van der Waals surface area contributed by atoms with Gasteiger partial charge >= 0.3 is 0 Å². The number of likely N-dealkylation sites (tertiary alicyclic amines) is 1. The Hall–Kier alpha value is -2.75. The summed E-state index contributed by atoms with van der Waals surface area (Å²) >= 11 is 0. The summed E-state index contributed by atoms with van der Waals surface area (Å²) in [5, 5.41) is 2.88. The predicted molar refractivity (Wildman–Crippen MR) is 130 cm³/mol. The number of anilines is 1. The van der Waals surface area contributed by atoms with Crippen molar-refractivity contribution in [3.05, 3.63) is 58.7 Å². The second kappa shape index (κ2) is 10.2. The highest BCUT2D eigenvalue weighted by Gasteiger charge is 2.29. The van der Waals surface area contributed by atoms with E-state index >= 15 is 0 Å². The third-order valence-electron chi connectivity index (χ3n) is 6.43. The lowest BCUT2D eigenvalue weighted by atomic mass is 10.1. The van der Waals surface area contributed by atoms with Crippen LogP contribution in [0.25, 0.3) is 0 Å². The molecule has 1 N–H and O–H groups in total. The van der Waals surface area contributed by atoms with Gasteiger partial charge in [0.25, 0.3) is 11.8 Å². The van der Waals surface area contributed by atoms with Gasteiger partial charge < -0.3 is 15.0 Å². The van der Waals surface area contributed by atoms with Gasteiger partial charge in [-0.2, -0.15) is 4.31 Å². The average Bonchev–Trinajstić information content (AvgIpc) is 3.40. The second-order valence-electron chi connectivity index (χ2n) is 8.64. The number of ether oxygens (including phenoxy) is 1. The van der Waals surface area contributed by atoms with Crippen LogP contribution in [0.5, 0.6) is 0 Å². The molecule has 8 nitrogen and oxygen atoms in total. The van der Waals surface area contributed by atoms with Crippen molar-refractivity contribution in [1.29, 1.82) is 0 Å². The summed E-state index contributed by atoms with van der Waals surface area (Å²) in [4.78, 5) is 28.3. The Morgan fingerprint density at radius 2 is 1.74 bits per heavy atom. The maximum Gasteiger partial charge on any atom is 0.255 e. The summed E-state index contributed by atoms with van der Waals surface area (Å²) in [7, 11) is -3.76. The van der Waals surface area contributed by atoms with Gasteiger partial charge in [-0.25, -0.2) is 8.42 Å². The lowest BCUT2D eigenvalue weighted by Crippen LogP contribution is -2.41. The van der Waals surface area contributed by atoms with Gasteiger partial charge in [0.1, 0.15) is 0 Å². The summed E-state index contributed by atoms with van der Waals surface area (Å²) in [6.45, 7) is 6.41. The Labute approximate surface area is 200 Å². The van der Waals surface area contributed by atoms with E-state index in [0.29, 0.717) is 49.5 Å². The van der Waals surface area contributed by atoms with Gasteiger partial charge in [-0.15, -0.1) is 0 Å². The summed E-state index contributed by atoms with van der Waals surface area (Å²) in [5.74, 6) is -0.556. The smallest absolute Gasteiger partial charge is 0.255 e. The van der Waals surface area contributed by atoms with Crippen molar-refractivity contribution in [2.75, 3.05) is 44.7 Å². The van der Waals surface area contributed by atoms with E-state index in [4.69, 9.17) is 4.74 Å². The molecule has 2 aromatic rings. The zero-order valence-corrected chi connectivity index (χ0v) is 20.5. The summed E-state index contributed by atoms with van der Waals surface area (Å²) in [6.07, 6.45) is 2.47. The number of morpholine rings is 1. The second-order valence-corrected chi connectivity index (χ2v) is 10.5. The van der Waals surface area contributed by atoms with Crippen molar-refractivity contribution in [1.82, 2.24) is 9.21 Å². The Kier molecular flexibility index (Phi) is 7.35. The largest absolute Gasteiger partial charge is 0.379 e. The lowest BCUT2D eigenvalue weighted by molar-refractivity contribution is 0.0730. The zero-order chi connectivity index (χ0) is 24.3. The number of carbonyl (C=O) groups excluding carboxylic acids is 2. The highest BCUT2D eigenvalue weighted by Crippen LogP contribution is 2.27. The Balaban J connectivity index is 1.65. The molecule has 0 radical (unpaired) electrons. The molecule has 2 aliphatic heterocycles. The molecule has 0 aliphatic carbocycles. The molecule has 2 aromatic carbocycles. The maximum absolute atomic E-state index is 13.3. The van der Waals surface area contributed by atoms with Crippen LogP contribution >= 0.6 is 0 Å². The van der Waals surface area contributed by atoms with E-state index in [1.165, 1.54) is 10.4 Å². The van der Waals surface area contributed by atoms with E-state index < -0.39 is 15.9 Å². The number of carbonyl (C=O) groups is 2. The molecule has 0 spiro atoms. The van der Waals surface area contributed by atoms with Crippen molar-refractivity contribution >= 4 is 27.5 Å². The molecular weight excluding hydrogens is 454 g/mol. The van der Waals surface area contributed by atoms with E-state index in [0.717, 1.165) is 18.4 Å². The Bertz CT molecular complexity index is 1180. The zero-order valence-electron chi connectivity index (χ0n) is 19.7. The number of amides is 2. The molecule has 2 saturated heterocycles. The molecule has 0 bridgehead atoms. The predicted octanol–water partition coefficient (Wildman–Crippen LogP) is 3.07. The van der Waals surface area contributed by atoms with Crippen LogP contribution in [0, 0.1) is 6.92 Å². The molecule has 0 unspecified atom stereocenters. The van der Waals surface area contributed by atoms with Crippen LogP contribution in [0.4, 0.5) is 5.69 Å². The van der Waals surface area contributed by atoms with E-state index in [1.807, 2.05) is 19.9 Å². The fraction of sp³-hybridized carbons (Fsp3) is 0.440. The van der Waals surface area contributed by atoms with Crippen LogP contribution < -0.4 is 5.32 Å². The average molecular weight is 486 g/mol. The first-order valence-electron chi connectivity index (χ1n) is 11.7. The van der Waals surface area contributed by atoms with Crippen LogP contribution in [-0.4, -0.2) is 68.8 Å². The number of sulfonamides is 1. The number of nitrogens with one attached hydrogen (secondary N) is 1. The molecule has 182 valence electrons. The summed E-state index contributed by atoms with van der Waals surface area (Å²) in [6, 6.07) is 10.1. The lowest BCUT2D eigenvalue weighted by Gasteiger charge is -2.27. The minimum Gasteiger partial charge on any atom is -0.379 e. The Morgan fingerprint density at radius 1 is 1.03 bits per heavy atom. The number of benzene rings is 2. The highest BCUT2D eigenvalue weighted by molar-refractivity contribution is 7.89. The molecule has 0 atom stereocenters. The van der Waals surface area contributed by atoms with Crippen molar-refractivity contribution in [3.63, 3.8) is 0 Å². The molecule has 2 amide bonds. The number of nitrogens with zero attached hydrogens (tertiary/aromatic N) is 2. The number of rotatable bonds is 6. The normalized spacial score (nSPS) is 17.1. The quantitative estimate of drug-likeness (QED) is 0.679. The van der Waals surface area contributed by atoms with Gasteiger partial charge in [-0.1, -0.05) is 25.1 Å². The molecular formula is C25H31N3O5S. The van der Waals surface area contributed by atoms with E-state index in [9.17, 15) is 18.0 Å². The topological polar surface area (TPSA) is 96.0 Å². The van der Waals surface area contributed by atoms with Crippen LogP contribution in [0.1, 0.15) is 51.6 Å². The number of para-hydroxylation sites is 1. The van der Waals surface area contributed by atoms with Crippen molar-refractivity contribution in [2.45, 2.75) is 38.0 Å². The van der Waals surface area contributed by atoms with Gasteiger partial charge in [-0.3, -0.25) is 9.59 Å². The van der Waals surface area contributed by atoms with Gasteiger partial charge in [0.2, 0.25) is 10.0 Å². The minimum atomic E-state index is -3.76.